The number of halogens is 1. The Balaban J connectivity index is 1.43. The zero-order chi connectivity index (χ0) is 21.0. The summed E-state index contributed by atoms with van der Waals surface area (Å²) in [6.45, 7) is 0.541. The molecular weight excluding hydrogens is 431 g/mol. The molecule has 5 aromatic rings. The van der Waals surface area contributed by atoms with Crippen LogP contribution >= 0.6 is 23.1 Å². The monoisotopic (exact) mass is 448 g/mol. The van der Waals surface area contributed by atoms with Gasteiger partial charge in [-0.2, -0.15) is 0 Å². The molecule has 0 bridgehead atoms. The number of nitrogens with zero attached hydrogens (tertiary/aromatic N) is 4. The lowest BCUT2D eigenvalue weighted by Crippen LogP contribution is -2.05. The van der Waals surface area contributed by atoms with Gasteiger partial charge in [-0.05, 0) is 29.1 Å². The van der Waals surface area contributed by atoms with Gasteiger partial charge < -0.3 is 4.42 Å². The summed E-state index contributed by atoms with van der Waals surface area (Å²) in [5.41, 5.74) is 2.33. The summed E-state index contributed by atoms with van der Waals surface area (Å²) in [6, 6.07) is 20.6. The predicted molar refractivity (Wildman–Crippen MR) is 120 cm³/mol. The van der Waals surface area contributed by atoms with Gasteiger partial charge in [-0.3, -0.25) is 4.57 Å². The smallest absolute Gasteiger partial charge is 0.236 e. The molecule has 0 saturated heterocycles. The fourth-order valence-electron chi connectivity index (χ4n) is 3.17. The van der Waals surface area contributed by atoms with Crippen LogP contribution in [0.15, 0.2) is 87.9 Å². The van der Waals surface area contributed by atoms with E-state index >= 15 is 0 Å². The van der Waals surface area contributed by atoms with Crippen molar-refractivity contribution < 1.29 is 8.81 Å². The maximum Gasteiger partial charge on any atom is 0.236 e. The van der Waals surface area contributed by atoms with Crippen molar-refractivity contribution in [1.29, 1.82) is 0 Å². The highest BCUT2D eigenvalue weighted by Crippen LogP contribution is 2.30. The topological polar surface area (TPSA) is 56.7 Å². The van der Waals surface area contributed by atoms with Gasteiger partial charge in [0, 0.05) is 5.75 Å². The van der Waals surface area contributed by atoms with Gasteiger partial charge >= 0.3 is 0 Å². The lowest BCUT2D eigenvalue weighted by Gasteiger charge is -2.10. The zero-order valence-electron chi connectivity index (χ0n) is 16.3. The standard InChI is InChI=1S/C23H17FN4OS2/c24-19-10-5-4-9-18(19)21-26-27-23(28(21)13-16-7-2-1-3-8-16)31-15-17-14-29-22(25-17)20-11-6-12-30-20/h1-12,14H,13,15H2. The Morgan fingerprint density at radius 2 is 1.81 bits per heavy atom. The van der Waals surface area contributed by atoms with E-state index in [9.17, 15) is 4.39 Å². The highest BCUT2D eigenvalue weighted by molar-refractivity contribution is 7.98. The highest BCUT2D eigenvalue weighted by Gasteiger charge is 2.18. The molecule has 154 valence electrons. The van der Waals surface area contributed by atoms with Gasteiger partial charge in [0.15, 0.2) is 11.0 Å². The van der Waals surface area contributed by atoms with Crippen LogP contribution in [0.25, 0.3) is 22.2 Å². The van der Waals surface area contributed by atoms with Crippen molar-refractivity contribution in [2.45, 2.75) is 17.5 Å². The molecule has 5 rings (SSSR count). The third kappa shape index (κ3) is 4.30. The molecule has 8 heteroatoms. The molecule has 0 fully saturated rings. The third-order valence-electron chi connectivity index (χ3n) is 4.65. The van der Waals surface area contributed by atoms with E-state index in [-0.39, 0.29) is 5.82 Å². The lowest BCUT2D eigenvalue weighted by molar-refractivity contribution is 0.575. The van der Waals surface area contributed by atoms with Crippen molar-refractivity contribution in [2.75, 3.05) is 0 Å². The molecule has 0 saturated carbocycles. The Bertz CT molecular complexity index is 1280. The largest absolute Gasteiger partial charge is 0.444 e. The predicted octanol–water partition coefficient (Wildman–Crippen LogP) is 6.14. The Labute approximate surface area is 186 Å². The maximum atomic E-state index is 14.5. The van der Waals surface area contributed by atoms with Crippen LogP contribution in [0.4, 0.5) is 4.39 Å². The van der Waals surface area contributed by atoms with E-state index in [1.165, 1.54) is 17.8 Å². The molecule has 0 atom stereocenters. The first kappa shape index (κ1) is 19.7. The van der Waals surface area contributed by atoms with Crippen LogP contribution in [0, 0.1) is 5.82 Å². The number of aromatic nitrogens is 4. The molecule has 2 aromatic carbocycles. The number of hydrogen-bond acceptors (Lipinski definition) is 6. The van der Waals surface area contributed by atoms with Crippen LogP contribution in [-0.2, 0) is 12.3 Å². The fourth-order valence-corrected chi connectivity index (χ4v) is 4.64. The number of oxazole rings is 1. The zero-order valence-corrected chi connectivity index (χ0v) is 17.9. The fraction of sp³-hybridized carbons (Fsp3) is 0.0870. The van der Waals surface area contributed by atoms with E-state index in [0.29, 0.717) is 34.7 Å². The van der Waals surface area contributed by atoms with Crippen molar-refractivity contribution in [2.24, 2.45) is 0 Å². The Kier molecular flexibility index (Phi) is 5.64. The number of rotatable bonds is 7. The van der Waals surface area contributed by atoms with Crippen molar-refractivity contribution in [3.8, 4) is 22.2 Å². The second-order valence-corrected chi connectivity index (χ2v) is 8.66. The van der Waals surface area contributed by atoms with Gasteiger partial charge in [0.1, 0.15) is 12.1 Å². The van der Waals surface area contributed by atoms with Gasteiger partial charge in [-0.25, -0.2) is 9.37 Å². The number of thioether (sulfide) groups is 1. The number of benzene rings is 2. The van der Waals surface area contributed by atoms with Crippen molar-refractivity contribution in [1.82, 2.24) is 19.7 Å². The lowest BCUT2D eigenvalue weighted by atomic mass is 10.2. The number of hydrogen-bond donors (Lipinski definition) is 0. The normalized spacial score (nSPS) is 11.1. The van der Waals surface area contributed by atoms with E-state index in [4.69, 9.17) is 4.42 Å². The SMILES string of the molecule is Fc1ccccc1-c1nnc(SCc2coc(-c3cccs3)n2)n1Cc1ccccc1. The third-order valence-corrected chi connectivity index (χ3v) is 6.51. The molecule has 0 unspecified atom stereocenters. The summed E-state index contributed by atoms with van der Waals surface area (Å²) >= 11 is 3.08. The number of thiophene rings is 1. The van der Waals surface area contributed by atoms with Crippen LogP contribution in [0.3, 0.4) is 0 Å². The average molecular weight is 449 g/mol. The van der Waals surface area contributed by atoms with Crippen LogP contribution in [0.1, 0.15) is 11.3 Å². The molecular formula is C23H17FN4OS2. The van der Waals surface area contributed by atoms with Crippen LogP contribution in [0.2, 0.25) is 0 Å². The van der Waals surface area contributed by atoms with E-state index < -0.39 is 0 Å². The Morgan fingerprint density at radius 3 is 2.61 bits per heavy atom. The second kappa shape index (κ2) is 8.87. The molecule has 5 nitrogen and oxygen atoms in total. The van der Waals surface area contributed by atoms with Crippen LogP contribution < -0.4 is 0 Å². The Hall–Kier alpha value is -3.23. The minimum atomic E-state index is -0.321. The molecule has 0 aliphatic carbocycles. The quantitative estimate of drug-likeness (QED) is 0.280. The molecule has 3 heterocycles. The van der Waals surface area contributed by atoms with Crippen molar-refractivity contribution >= 4 is 23.1 Å². The molecule has 0 N–H and O–H groups in total. The minimum Gasteiger partial charge on any atom is -0.444 e. The van der Waals surface area contributed by atoms with Crippen molar-refractivity contribution in [3.05, 3.63) is 95.4 Å². The first-order valence-corrected chi connectivity index (χ1v) is 11.5. The molecule has 0 spiro atoms. The maximum absolute atomic E-state index is 14.5. The van der Waals surface area contributed by atoms with E-state index in [1.807, 2.05) is 52.4 Å². The van der Waals surface area contributed by atoms with Crippen LogP contribution in [-0.4, -0.2) is 19.7 Å². The van der Waals surface area contributed by atoms with Crippen LogP contribution in [0.5, 0.6) is 0 Å². The second-order valence-electron chi connectivity index (χ2n) is 6.77. The van der Waals surface area contributed by atoms with Gasteiger partial charge in [0.2, 0.25) is 5.89 Å². The summed E-state index contributed by atoms with van der Waals surface area (Å²) in [4.78, 5) is 5.56. The summed E-state index contributed by atoms with van der Waals surface area (Å²) in [5.74, 6) is 1.36. The Morgan fingerprint density at radius 1 is 0.968 bits per heavy atom. The van der Waals surface area contributed by atoms with Gasteiger partial charge in [-0.1, -0.05) is 60.3 Å². The molecule has 0 aliphatic rings. The molecule has 0 amide bonds. The van der Waals surface area contributed by atoms with Gasteiger partial charge in [-0.15, -0.1) is 21.5 Å². The average Bonchev–Trinajstić information content (AvgIpc) is 3.55. The molecule has 3 aromatic heterocycles. The van der Waals surface area contributed by atoms with E-state index in [2.05, 4.69) is 15.2 Å². The first-order valence-electron chi connectivity index (χ1n) is 9.61. The summed E-state index contributed by atoms with van der Waals surface area (Å²) in [5, 5.41) is 11.4. The molecule has 0 aliphatic heterocycles. The van der Waals surface area contributed by atoms with Gasteiger partial charge in [0.25, 0.3) is 0 Å². The van der Waals surface area contributed by atoms with Crippen molar-refractivity contribution in [3.63, 3.8) is 0 Å². The highest BCUT2D eigenvalue weighted by atomic mass is 32.2. The van der Waals surface area contributed by atoms with E-state index in [0.717, 1.165) is 16.1 Å². The first-order chi connectivity index (χ1) is 15.3. The minimum absolute atomic E-state index is 0.321. The molecule has 0 radical (unpaired) electrons. The van der Waals surface area contributed by atoms with E-state index in [1.54, 1.807) is 35.8 Å². The summed E-state index contributed by atoms with van der Waals surface area (Å²) in [6.07, 6.45) is 1.66. The summed E-state index contributed by atoms with van der Waals surface area (Å²) < 4.78 is 22.0. The summed E-state index contributed by atoms with van der Waals surface area (Å²) in [7, 11) is 0. The molecule has 31 heavy (non-hydrogen) atoms. The van der Waals surface area contributed by atoms with Gasteiger partial charge in [0.05, 0.1) is 22.7 Å².